The van der Waals surface area contributed by atoms with Gasteiger partial charge in [-0.2, -0.15) is 0 Å². The molecule has 0 radical (unpaired) electrons. The predicted octanol–water partition coefficient (Wildman–Crippen LogP) is 6.37. The van der Waals surface area contributed by atoms with E-state index in [1.165, 1.54) is 11.3 Å². The number of carboxylic acid groups (broad SMARTS) is 1. The number of carboxylic acids is 1. The second-order valence-corrected chi connectivity index (χ2v) is 9.41. The molecule has 1 N–H and O–H groups in total. The highest BCUT2D eigenvalue weighted by Gasteiger charge is 2.39. The number of allylic oxidation sites excluding steroid dienone is 1. The van der Waals surface area contributed by atoms with Crippen molar-refractivity contribution in [1.82, 2.24) is 0 Å². The second kappa shape index (κ2) is 10.5. The van der Waals surface area contributed by atoms with Gasteiger partial charge in [-0.1, -0.05) is 24.6 Å². The van der Waals surface area contributed by atoms with E-state index in [1.54, 1.807) is 55.1 Å². The zero-order valence-electron chi connectivity index (χ0n) is 19.3. The maximum Gasteiger partial charge on any atom is 0.345 e. The molecule has 2 heterocycles. The number of Topliss-reactive ketones (excluding diaryl/α,β-unsaturated/α-hetero) is 1. The smallest absolute Gasteiger partial charge is 0.345 e. The lowest BCUT2D eigenvalue weighted by Crippen LogP contribution is -2.36. The highest BCUT2D eigenvalue weighted by Crippen LogP contribution is 2.36. The van der Waals surface area contributed by atoms with Crippen LogP contribution in [-0.4, -0.2) is 42.3 Å². The van der Waals surface area contributed by atoms with Crippen LogP contribution in [0.1, 0.15) is 38.9 Å². The van der Waals surface area contributed by atoms with Crippen molar-refractivity contribution in [2.75, 3.05) is 13.7 Å². The van der Waals surface area contributed by atoms with Crippen LogP contribution >= 0.6 is 22.9 Å². The standard InChI is InChI=1S/C27H24ClNO5S/c1-3-11-34-20-6-7-21(22(28)14-20)25(30)27(9-4-10-29-27)15-18-12-17(5-8-23(18)33-2)19-13-24(26(31)32)35-16-19/h4-10,12-14,16H,3,11,15H2,1-2H3,(H,31,32). The van der Waals surface area contributed by atoms with Crippen LogP contribution in [-0.2, 0) is 6.42 Å². The number of ether oxygens (including phenoxy) is 2. The summed E-state index contributed by atoms with van der Waals surface area (Å²) in [4.78, 5) is 29.9. The van der Waals surface area contributed by atoms with Gasteiger partial charge < -0.3 is 14.6 Å². The van der Waals surface area contributed by atoms with E-state index in [0.717, 1.165) is 23.1 Å². The molecule has 0 saturated carbocycles. The molecule has 1 aliphatic heterocycles. The maximum atomic E-state index is 13.8. The van der Waals surface area contributed by atoms with Crippen LogP contribution in [0.25, 0.3) is 11.1 Å². The van der Waals surface area contributed by atoms with Gasteiger partial charge in [0.25, 0.3) is 0 Å². The van der Waals surface area contributed by atoms with Crippen molar-refractivity contribution in [3.63, 3.8) is 0 Å². The molecule has 2 aromatic carbocycles. The number of thiophene rings is 1. The highest BCUT2D eigenvalue weighted by molar-refractivity contribution is 7.12. The lowest BCUT2D eigenvalue weighted by molar-refractivity contribution is 0.0702. The number of rotatable bonds is 10. The van der Waals surface area contributed by atoms with Gasteiger partial charge in [-0.25, -0.2) is 4.79 Å². The first-order chi connectivity index (χ1) is 16.9. The summed E-state index contributed by atoms with van der Waals surface area (Å²) >= 11 is 7.66. The van der Waals surface area contributed by atoms with E-state index in [0.29, 0.717) is 28.7 Å². The van der Waals surface area contributed by atoms with E-state index in [1.807, 2.05) is 25.1 Å². The molecule has 0 bridgehead atoms. The third kappa shape index (κ3) is 5.16. The molecule has 1 aromatic heterocycles. The molecular formula is C27H24ClNO5S. The predicted molar refractivity (Wildman–Crippen MR) is 139 cm³/mol. The molecule has 8 heteroatoms. The van der Waals surface area contributed by atoms with E-state index >= 15 is 0 Å². The number of carbonyl (C=O) groups excluding carboxylic acids is 1. The van der Waals surface area contributed by atoms with Crippen LogP contribution < -0.4 is 9.47 Å². The molecular weight excluding hydrogens is 486 g/mol. The van der Waals surface area contributed by atoms with Crippen LogP contribution in [0.4, 0.5) is 0 Å². The third-order valence-electron chi connectivity index (χ3n) is 5.70. The molecule has 0 aliphatic carbocycles. The van der Waals surface area contributed by atoms with E-state index in [4.69, 9.17) is 21.1 Å². The van der Waals surface area contributed by atoms with Gasteiger partial charge in [0.1, 0.15) is 21.9 Å². The number of hydrogen-bond acceptors (Lipinski definition) is 6. The number of aromatic carboxylic acids is 1. The number of halogens is 1. The van der Waals surface area contributed by atoms with Crippen LogP contribution in [0, 0.1) is 0 Å². The molecule has 4 rings (SSSR count). The van der Waals surface area contributed by atoms with Crippen LogP contribution in [0.3, 0.4) is 0 Å². The quantitative estimate of drug-likeness (QED) is 0.321. The van der Waals surface area contributed by atoms with Gasteiger partial charge in [0.15, 0.2) is 5.78 Å². The van der Waals surface area contributed by atoms with Crippen molar-refractivity contribution in [3.05, 3.63) is 81.0 Å². The summed E-state index contributed by atoms with van der Waals surface area (Å²) in [6.07, 6.45) is 6.24. The zero-order chi connectivity index (χ0) is 25.0. The molecule has 180 valence electrons. The topological polar surface area (TPSA) is 85.2 Å². The number of aliphatic imine (C=N–C) groups is 1. The monoisotopic (exact) mass is 509 g/mol. The Morgan fingerprint density at radius 2 is 1.97 bits per heavy atom. The minimum atomic E-state index is -1.18. The summed E-state index contributed by atoms with van der Waals surface area (Å²) in [7, 11) is 1.57. The average molecular weight is 510 g/mol. The van der Waals surface area contributed by atoms with Gasteiger partial charge >= 0.3 is 5.97 Å². The first kappa shape index (κ1) is 24.7. The Balaban J connectivity index is 1.68. The fourth-order valence-electron chi connectivity index (χ4n) is 3.95. The maximum absolute atomic E-state index is 13.8. The summed E-state index contributed by atoms with van der Waals surface area (Å²) in [5.41, 5.74) is 1.56. The Kier molecular flexibility index (Phi) is 7.38. The Bertz CT molecular complexity index is 1310. The largest absolute Gasteiger partial charge is 0.496 e. The van der Waals surface area contributed by atoms with Crippen LogP contribution in [0.15, 0.2) is 65.0 Å². The Hall–Kier alpha value is -3.42. The highest BCUT2D eigenvalue weighted by atomic mass is 35.5. The van der Waals surface area contributed by atoms with Crippen molar-refractivity contribution < 1.29 is 24.2 Å². The number of nitrogens with zero attached hydrogens (tertiary/aromatic N) is 1. The number of ketones is 1. The molecule has 35 heavy (non-hydrogen) atoms. The van der Waals surface area contributed by atoms with Crippen molar-refractivity contribution in [2.45, 2.75) is 25.3 Å². The molecule has 0 saturated heterocycles. The minimum absolute atomic E-state index is 0.231. The summed E-state index contributed by atoms with van der Waals surface area (Å²) in [5, 5.41) is 11.4. The van der Waals surface area contributed by atoms with Gasteiger partial charge in [0, 0.05) is 18.2 Å². The third-order valence-corrected chi connectivity index (χ3v) is 6.93. The SMILES string of the molecule is CCCOc1ccc(C(=O)C2(Cc3cc(-c4csc(C(=O)O)c4)ccc3OC)C=CC=N2)c(Cl)c1. The molecule has 0 spiro atoms. The molecule has 0 amide bonds. The summed E-state index contributed by atoms with van der Waals surface area (Å²) in [6, 6.07) is 12.3. The average Bonchev–Trinajstić information content (AvgIpc) is 3.53. The van der Waals surface area contributed by atoms with Crippen LogP contribution in [0.5, 0.6) is 11.5 Å². The van der Waals surface area contributed by atoms with Crippen molar-refractivity contribution >= 4 is 40.9 Å². The fourth-order valence-corrected chi connectivity index (χ4v) is 4.96. The number of methoxy groups -OCH3 is 1. The Morgan fingerprint density at radius 1 is 1.14 bits per heavy atom. The first-order valence-electron chi connectivity index (χ1n) is 11.1. The summed E-state index contributed by atoms with van der Waals surface area (Å²) in [6.45, 7) is 2.58. The van der Waals surface area contributed by atoms with Crippen molar-refractivity contribution in [1.29, 1.82) is 0 Å². The van der Waals surface area contributed by atoms with Crippen molar-refractivity contribution in [3.8, 4) is 22.6 Å². The second-order valence-electron chi connectivity index (χ2n) is 8.09. The number of carbonyl (C=O) groups is 2. The fraction of sp³-hybridized carbons (Fsp3) is 0.222. The van der Waals surface area contributed by atoms with Gasteiger partial charge in [0.05, 0.1) is 18.7 Å². The van der Waals surface area contributed by atoms with Gasteiger partial charge in [-0.05, 0) is 77.0 Å². The Labute approximate surface area is 212 Å². The van der Waals surface area contributed by atoms with Gasteiger partial charge in [-0.3, -0.25) is 9.79 Å². The molecule has 6 nitrogen and oxygen atoms in total. The molecule has 0 fully saturated rings. The zero-order valence-corrected chi connectivity index (χ0v) is 20.9. The van der Waals surface area contributed by atoms with Gasteiger partial charge in [-0.15, -0.1) is 11.3 Å². The summed E-state index contributed by atoms with van der Waals surface area (Å²) in [5.74, 6) is 0.0250. The molecule has 1 aliphatic rings. The Morgan fingerprint density at radius 3 is 2.60 bits per heavy atom. The van der Waals surface area contributed by atoms with E-state index in [9.17, 15) is 14.7 Å². The number of benzene rings is 2. The van der Waals surface area contributed by atoms with Crippen LogP contribution in [0.2, 0.25) is 5.02 Å². The molecule has 3 aromatic rings. The van der Waals surface area contributed by atoms with Crippen molar-refractivity contribution in [2.24, 2.45) is 4.99 Å². The van der Waals surface area contributed by atoms with E-state index < -0.39 is 11.5 Å². The molecule has 1 unspecified atom stereocenters. The molecule has 1 atom stereocenters. The first-order valence-corrected chi connectivity index (χ1v) is 12.3. The van der Waals surface area contributed by atoms with Gasteiger partial charge in [0.2, 0.25) is 0 Å². The number of hydrogen-bond donors (Lipinski definition) is 1. The van der Waals surface area contributed by atoms with E-state index in [2.05, 4.69) is 4.99 Å². The normalized spacial score (nSPS) is 16.4. The lowest BCUT2D eigenvalue weighted by atomic mass is 9.83. The van der Waals surface area contributed by atoms with E-state index in [-0.39, 0.29) is 17.1 Å². The lowest BCUT2D eigenvalue weighted by Gasteiger charge is -2.25. The minimum Gasteiger partial charge on any atom is -0.496 e. The summed E-state index contributed by atoms with van der Waals surface area (Å²) < 4.78 is 11.2.